The molecule has 0 aliphatic carbocycles. The van der Waals surface area contributed by atoms with E-state index in [2.05, 4.69) is 37.1 Å². The smallest absolute Gasteiger partial charge is 0.322 e. The van der Waals surface area contributed by atoms with Gasteiger partial charge in [-0.2, -0.15) is 5.10 Å². The van der Waals surface area contributed by atoms with Gasteiger partial charge in [-0.15, -0.1) is 0 Å². The highest BCUT2D eigenvalue weighted by Gasteiger charge is 2.17. The Balaban J connectivity index is 1.64. The molecule has 0 radical (unpaired) electrons. The molecule has 3 aromatic carbocycles. The first-order chi connectivity index (χ1) is 14.9. The Kier molecular flexibility index (Phi) is 7.29. The van der Waals surface area contributed by atoms with Crippen LogP contribution in [0.4, 0.5) is 11.4 Å². The number of rotatable bonds is 5. The Morgan fingerprint density at radius 1 is 0.871 bits per heavy atom. The van der Waals surface area contributed by atoms with Crippen LogP contribution < -0.4 is 16.1 Å². The Morgan fingerprint density at radius 2 is 1.65 bits per heavy atom. The highest BCUT2D eigenvalue weighted by molar-refractivity contribution is 9.10. The quantitative estimate of drug-likeness (QED) is 0.292. The third kappa shape index (κ3) is 6.35. The van der Waals surface area contributed by atoms with E-state index in [4.69, 9.17) is 0 Å². The molecule has 3 aromatic rings. The van der Waals surface area contributed by atoms with Crippen molar-refractivity contribution in [2.24, 2.45) is 5.10 Å². The van der Waals surface area contributed by atoms with E-state index >= 15 is 0 Å². The van der Waals surface area contributed by atoms with Gasteiger partial charge in [0, 0.05) is 10.2 Å². The first-order valence-corrected chi connectivity index (χ1v) is 10.1. The average Bonchev–Trinajstić information content (AvgIpc) is 2.74. The van der Waals surface area contributed by atoms with E-state index in [0.29, 0.717) is 5.69 Å². The SMILES string of the molecule is Cc1cccc(NC(=O)c2ccccc2NC(=O)C(=O)N/N=C/c2cccc(Br)c2)c1. The number of anilines is 2. The van der Waals surface area contributed by atoms with Crippen LogP contribution in [0.1, 0.15) is 21.5 Å². The molecular weight excluding hydrogens is 460 g/mol. The van der Waals surface area contributed by atoms with Crippen LogP contribution in [0.25, 0.3) is 0 Å². The van der Waals surface area contributed by atoms with Gasteiger partial charge in [-0.25, -0.2) is 5.43 Å². The van der Waals surface area contributed by atoms with Crippen molar-refractivity contribution >= 4 is 51.2 Å². The number of nitrogens with one attached hydrogen (secondary N) is 3. The van der Waals surface area contributed by atoms with Crippen LogP contribution in [0.3, 0.4) is 0 Å². The monoisotopic (exact) mass is 478 g/mol. The highest BCUT2D eigenvalue weighted by Crippen LogP contribution is 2.18. The lowest BCUT2D eigenvalue weighted by Gasteiger charge is -2.11. The van der Waals surface area contributed by atoms with Crippen molar-refractivity contribution in [2.75, 3.05) is 10.6 Å². The van der Waals surface area contributed by atoms with E-state index in [9.17, 15) is 14.4 Å². The molecule has 0 fully saturated rings. The summed E-state index contributed by atoms with van der Waals surface area (Å²) in [6.45, 7) is 1.92. The van der Waals surface area contributed by atoms with E-state index < -0.39 is 17.7 Å². The summed E-state index contributed by atoms with van der Waals surface area (Å²) in [7, 11) is 0. The van der Waals surface area contributed by atoms with Gasteiger partial charge >= 0.3 is 11.8 Å². The molecule has 8 heteroatoms. The minimum absolute atomic E-state index is 0.212. The Labute approximate surface area is 187 Å². The highest BCUT2D eigenvalue weighted by atomic mass is 79.9. The standard InChI is InChI=1S/C23H19BrN4O3/c1-15-6-4-9-18(12-15)26-21(29)19-10-2-3-11-20(19)27-22(30)23(31)28-25-14-16-7-5-8-17(24)13-16/h2-14H,1H3,(H,26,29)(H,27,30)(H,28,31)/b25-14+. The van der Waals surface area contributed by atoms with Gasteiger partial charge in [0.05, 0.1) is 17.5 Å². The second kappa shape index (κ2) is 10.3. The maximum atomic E-state index is 12.7. The number of aryl methyl sites for hydroxylation is 1. The number of amides is 3. The molecule has 3 amide bonds. The van der Waals surface area contributed by atoms with Crippen molar-refractivity contribution in [1.29, 1.82) is 0 Å². The van der Waals surface area contributed by atoms with Crippen LogP contribution in [0.15, 0.2) is 82.4 Å². The summed E-state index contributed by atoms with van der Waals surface area (Å²) in [4.78, 5) is 37.0. The third-order valence-corrected chi connectivity index (χ3v) is 4.62. The molecule has 0 saturated carbocycles. The van der Waals surface area contributed by atoms with Gasteiger partial charge in [-0.3, -0.25) is 14.4 Å². The number of hydrogen-bond donors (Lipinski definition) is 3. The lowest BCUT2D eigenvalue weighted by atomic mass is 10.1. The molecule has 0 aliphatic heterocycles. The number of hydrogen-bond acceptors (Lipinski definition) is 4. The van der Waals surface area contributed by atoms with Gasteiger partial charge in [-0.1, -0.05) is 52.3 Å². The molecule has 0 aliphatic rings. The molecule has 0 aromatic heterocycles. The zero-order valence-electron chi connectivity index (χ0n) is 16.6. The predicted octanol–water partition coefficient (Wildman–Crippen LogP) is 4.10. The van der Waals surface area contributed by atoms with Crippen molar-refractivity contribution < 1.29 is 14.4 Å². The summed E-state index contributed by atoms with van der Waals surface area (Å²) >= 11 is 3.34. The maximum Gasteiger partial charge on any atom is 0.329 e. The fourth-order valence-electron chi connectivity index (χ4n) is 2.69. The van der Waals surface area contributed by atoms with E-state index in [1.165, 1.54) is 6.21 Å². The average molecular weight is 479 g/mol. The van der Waals surface area contributed by atoms with Crippen molar-refractivity contribution in [2.45, 2.75) is 6.92 Å². The number of halogens is 1. The minimum Gasteiger partial charge on any atom is -0.322 e. The topological polar surface area (TPSA) is 99.7 Å². The molecule has 0 spiro atoms. The fraction of sp³-hybridized carbons (Fsp3) is 0.0435. The van der Waals surface area contributed by atoms with Gasteiger partial charge < -0.3 is 10.6 Å². The summed E-state index contributed by atoms with van der Waals surface area (Å²) in [5.41, 5.74) is 4.98. The molecular formula is C23H19BrN4O3. The number of carbonyl (C=O) groups is 3. The minimum atomic E-state index is -0.958. The number of carbonyl (C=O) groups excluding carboxylic acids is 3. The molecule has 31 heavy (non-hydrogen) atoms. The maximum absolute atomic E-state index is 12.7. The Bertz CT molecular complexity index is 1160. The molecule has 0 saturated heterocycles. The van der Waals surface area contributed by atoms with Crippen LogP contribution >= 0.6 is 15.9 Å². The molecule has 3 N–H and O–H groups in total. The molecule has 3 rings (SSSR count). The zero-order valence-corrected chi connectivity index (χ0v) is 18.1. The molecule has 0 bridgehead atoms. The van der Waals surface area contributed by atoms with Crippen LogP contribution in [-0.4, -0.2) is 23.9 Å². The summed E-state index contributed by atoms with van der Waals surface area (Å²) in [5, 5.41) is 9.02. The normalized spacial score (nSPS) is 10.5. The molecule has 0 atom stereocenters. The van der Waals surface area contributed by atoms with Gasteiger partial charge in [0.15, 0.2) is 0 Å². The summed E-state index contributed by atoms with van der Waals surface area (Å²) < 4.78 is 0.862. The number of hydrazone groups is 1. The lowest BCUT2D eigenvalue weighted by Crippen LogP contribution is -2.33. The van der Waals surface area contributed by atoms with Gasteiger partial charge in [-0.05, 0) is 54.4 Å². The summed E-state index contributed by atoms with van der Waals surface area (Å²) in [5.74, 6) is -2.31. The van der Waals surface area contributed by atoms with Crippen molar-refractivity contribution in [3.05, 3.63) is 94.0 Å². The first kappa shape index (κ1) is 21.9. The first-order valence-electron chi connectivity index (χ1n) is 9.29. The van der Waals surface area contributed by atoms with Crippen molar-refractivity contribution in [1.82, 2.24) is 5.43 Å². The van der Waals surface area contributed by atoms with E-state index in [0.717, 1.165) is 15.6 Å². The van der Waals surface area contributed by atoms with E-state index in [-0.39, 0.29) is 11.3 Å². The van der Waals surface area contributed by atoms with Crippen LogP contribution in [0.5, 0.6) is 0 Å². The van der Waals surface area contributed by atoms with Crippen molar-refractivity contribution in [3.63, 3.8) is 0 Å². The van der Waals surface area contributed by atoms with Crippen LogP contribution in [0, 0.1) is 6.92 Å². The Morgan fingerprint density at radius 3 is 2.42 bits per heavy atom. The van der Waals surface area contributed by atoms with Crippen molar-refractivity contribution in [3.8, 4) is 0 Å². The third-order valence-electron chi connectivity index (χ3n) is 4.13. The Hall–Kier alpha value is -3.78. The van der Waals surface area contributed by atoms with Gasteiger partial charge in [0.1, 0.15) is 0 Å². The van der Waals surface area contributed by atoms with Gasteiger partial charge in [0.2, 0.25) is 0 Å². The van der Waals surface area contributed by atoms with Gasteiger partial charge in [0.25, 0.3) is 5.91 Å². The number of para-hydroxylation sites is 1. The van der Waals surface area contributed by atoms with E-state index in [1.807, 2.05) is 37.3 Å². The fourth-order valence-corrected chi connectivity index (χ4v) is 3.11. The zero-order chi connectivity index (χ0) is 22.2. The summed E-state index contributed by atoms with van der Waals surface area (Å²) in [6, 6.07) is 21.0. The summed E-state index contributed by atoms with van der Waals surface area (Å²) in [6.07, 6.45) is 1.42. The molecule has 0 heterocycles. The number of nitrogens with zero attached hydrogens (tertiary/aromatic N) is 1. The number of benzene rings is 3. The predicted molar refractivity (Wildman–Crippen MR) is 124 cm³/mol. The van der Waals surface area contributed by atoms with E-state index in [1.54, 1.807) is 42.5 Å². The largest absolute Gasteiger partial charge is 0.329 e. The molecule has 0 unspecified atom stereocenters. The molecule has 7 nitrogen and oxygen atoms in total. The second-order valence-electron chi connectivity index (χ2n) is 6.58. The van der Waals surface area contributed by atoms with Crippen LogP contribution in [0.2, 0.25) is 0 Å². The second-order valence-corrected chi connectivity index (χ2v) is 7.49. The lowest BCUT2D eigenvalue weighted by molar-refractivity contribution is -0.136. The van der Waals surface area contributed by atoms with Crippen LogP contribution in [-0.2, 0) is 9.59 Å². The molecule has 156 valence electrons.